The van der Waals surface area contributed by atoms with Crippen molar-refractivity contribution in [2.45, 2.75) is 6.92 Å². The van der Waals surface area contributed by atoms with Crippen molar-refractivity contribution in [1.29, 1.82) is 0 Å². The number of aliphatic carboxylic acids is 1. The van der Waals surface area contributed by atoms with Crippen LogP contribution in [0.5, 0.6) is 0 Å². The van der Waals surface area contributed by atoms with Gasteiger partial charge in [0.25, 0.3) is 0 Å². The summed E-state index contributed by atoms with van der Waals surface area (Å²) in [6.07, 6.45) is 0. The topological polar surface area (TPSA) is 72.9 Å². The smallest absolute Gasteiger partial charge is 0.317 e. The second-order valence-electron chi connectivity index (χ2n) is 5.51. The summed E-state index contributed by atoms with van der Waals surface area (Å²) in [5, 5.41) is 12.0. The number of carbonyl (C=O) groups is 2. The van der Waals surface area contributed by atoms with Crippen LogP contribution in [-0.4, -0.2) is 77.7 Å². The van der Waals surface area contributed by atoms with Gasteiger partial charge in [0.1, 0.15) is 0 Å². The molecule has 6 nitrogen and oxygen atoms in total. The van der Waals surface area contributed by atoms with Gasteiger partial charge in [0.05, 0.1) is 5.92 Å². The molecule has 2 rings (SSSR count). The van der Waals surface area contributed by atoms with Crippen molar-refractivity contribution >= 4 is 23.8 Å². The van der Waals surface area contributed by atoms with E-state index in [9.17, 15) is 9.59 Å². The lowest BCUT2D eigenvalue weighted by Gasteiger charge is -2.26. The van der Waals surface area contributed by atoms with E-state index < -0.39 is 11.9 Å². The molecule has 0 bridgehead atoms. The van der Waals surface area contributed by atoms with Crippen LogP contribution in [0.3, 0.4) is 0 Å². The molecule has 2 aliphatic rings. The number of nitrogens with zero attached hydrogens (tertiary/aromatic N) is 2. The first-order valence-electron chi connectivity index (χ1n) is 7.13. The van der Waals surface area contributed by atoms with Crippen LogP contribution >= 0.6 is 11.8 Å². The standard InChI is InChI=1S/C13H23N3O3S/c1-10-8-16(9-11(10)12(17)18)13(19)14-2-3-15-4-6-20-7-5-15/h10-11H,2-9H2,1H3,(H,14,19)(H,17,18). The molecule has 0 aliphatic carbocycles. The van der Waals surface area contributed by atoms with Crippen molar-refractivity contribution in [3.05, 3.63) is 0 Å². The summed E-state index contributed by atoms with van der Waals surface area (Å²) in [7, 11) is 0. The fourth-order valence-corrected chi connectivity index (χ4v) is 3.69. The molecule has 2 saturated heterocycles. The molecule has 0 aromatic rings. The maximum Gasteiger partial charge on any atom is 0.317 e. The summed E-state index contributed by atoms with van der Waals surface area (Å²) < 4.78 is 0. The number of carboxylic acids is 1. The number of carbonyl (C=O) groups excluding carboxylic acids is 1. The number of likely N-dealkylation sites (tertiary alicyclic amines) is 1. The highest BCUT2D eigenvalue weighted by atomic mass is 32.2. The van der Waals surface area contributed by atoms with Crippen LogP contribution < -0.4 is 5.32 Å². The van der Waals surface area contributed by atoms with Gasteiger partial charge in [-0.1, -0.05) is 6.92 Å². The molecule has 20 heavy (non-hydrogen) atoms. The zero-order chi connectivity index (χ0) is 14.5. The number of carboxylic acid groups (broad SMARTS) is 1. The summed E-state index contributed by atoms with van der Waals surface area (Å²) in [6, 6.07) is -0.132. The number of amides is 2. The Morgan fingerprint density at radius 3 is 2.60 bits per heavy atom. The molecule has 2 N–H and O–H groups in total. The highest BCUT2D eigenvalue weighted by Crippen LogP contribution is 2.22. The lowest BCUT2D eigenvalue weighted by molar-refractivity contribution is -0.142. The summed E-state index contributed by atoms with van der Waals surface area (Å²) in [6.45, 7) is 6.41. The van der Waals surface area contributed by atoms with Crippen LogP contribution in [0.1, 0.15) is 6.92 Å². The first-order chi connectivity index (χ1) is 9.58. The fourth-order valence-electron chi connectivity index (χ4n) is 2.71. The second-order valence-corrected chi connectivity index (χ2v) is 6.74. The van der Waals surface area contributed by atoms with E-state index in [0.717, 1.165) is 31.1 Å². The molecule has 0 spiro atoms. The van der Waals surface area contributed by atoms with Crippen molar-refractivity contribution in [3.8, 4) is 0 Å². The molecule has 2 fully saturated rings. The number of hydrogen-bond acceptors (Lipinski definition) is 4. The normalized spacial score (nSPS) is 27.6. The summed E-state index contributed by atoms with van der Waals surface area (Å²) in [4.78, 5) is 27.0. The van der Waals surface area contributed by atoms with Crippen molar-refractivity contribution in [1.82, 2.24) is 15.1 Å². The van der Waals surface area contributed by atoms with Crippen LogP contribution in [0.15, 0.2) is 0 Å². The predicted molar refractivity (Wildman–Crippen MR) is 79.0 cm³/mol. The molecule has 2 heterocycles. The minimum atomic E-state index is -0.807. The van der Waals surface area contributed by atoms with Gasteiger partial charge in [-0.2, -0.15) is 11.8 Å². The van der Waals surface area contributed by atoms with Gasteiger partial charge >= 0.3 is 12.0 Å². The van der Waals surface area contributed by atoms with Crippen molar-refractivity contribution in [3.63, 3.8) is 0 Å². The molecule has 2 unspecified atom stereocenters. The van der Waals surface area contributed by atoms with Crippen LogP contribution in [0, 0.1) is 11.8 Å². The van der Waals surface area contributed by atoms with E-state index in [4.69, 9.17) is 5.11 Å². The van der Waals surface area contributed by atoms with E-state index in [1.165, 1.54) is 0 Å². The number of thioether (sulfide) groups is 1. The van der Waals surface area contributed by atoms with Gasteiger partial charge in [0, 0.05) is 50.8 Å². The van der Waals surface area contributed by atoms with E-state index in [1.54, 1.807) is 4.90 Å². The number of nitrogens with one attached hydrogen (secondary N) is 1. The third-order valence-electron chi connectivity index (χ3n) is 4.02. The van der Waals surface area contributed by atoms with E-state index in [-0.39, 0.29) is 11.9 Å². The monoisotopic (exact) mass is 301 g/mol. The quantitative estimate of drug-likeness (QED) is 0.786. The van der Waals surface area contributed by atoms with Gasteiger partial charge in [0.15, 0.2) is 0 Å². The number of rotatable bonds is 4. The number of urea groups is 1. The molecule has 2 aliphatic heterocycles. The Labute approximate surface area is 123 Å². The zero-order valence-corrected chi connectivity index (χ0v) is 12.7. The molecular weight excluding hydrogens is 278 g/mol. The highest BCUT2D eigenvalue weighted by molar-refractivity contribution is 7.99. The Morgan fingerprint density at radius 2 is 2.00 bits per heavy atom. The molecule has 114 valence electrons. The van der Waals surface area contributed by atoms with E-state index in [2.05, 4.69) is 10.2 Å². The average molecular weight is 301 g/mol. The largest absolute Gasteiger partial charge is 0.481 e. The lowest BCUT2D eigenvalue weighted by Crippen LogP contribution is -2.44. The Bertz CT molecular complexity index is 361. The first kappa shape index (κ1) is 15.4. The first-order valence-corrected chi connectivity index (χ1v) is 8.29. The van der Waals surface area contributed by atoms with Gasteiger partial charge < -0.3 is 15.3 Å². The van der Waals surface area contributed by atoms with Crippen LogP contribution in [0.4, 0.5) is 4.79 Å². The summed E-state index contributed by atoms with van der Waals surface area (Å²) in [5.41, 5.74) is 0. The molecule has 0 radical (unpaired) electrons. The molecule has 0 saturated carbocycles. The fraction of sp³-hybridized carbons (Fsp3) is 0.846. The maximum atomic E-state index is 12.0. The minimum absolute atomic E-state index is 0.0253. The highest BCUT2D eigenvalue weighted by Gasteiger charge is 2.36. The molecular formula is C13H23N3O3S. The van der Waals surface area contributed by atoms with Crippen molar-refractivity contribution in [2.24, 2.45) is 11.8 Å². The van der Waals surface area contributed by atoms with Gasteiger partial charge in [0.2, 0.25) is 0 Å². The SMILES string of the molecule is CC1CN(C(=O)NCCN2CCSCC2)CC1C(=O)O. The third-order valence-corrected chi connectivity index (χ3v) is 4.97. The van der Waals surface area contributed by atoms with Gasteiger partial charge in [-0.3, -0.25) is 9.69 Å². The van der Waals surface area contributed by atoms with E-state index >= 15 is 0 Å². The van der Waals surface area contributed by atoms with Crippen molar-refractivity contribution in [2.75, 3.05) is 50.8 Å². The molecule has 2 amide bonds. The predicted octanol–water partition coefficient (Wildman–Crippen LogP) is 0.397. The summed E-state index contributed by atoms with van der Waals surface area (Å²) in [5.74, 6) is 1.12. The Morgan fingerprint density at radius 1 is 1.30 bits per heavy atom. The average Bonchev–Trinajstić information content (AvgIpc) is 2.82. The maximum absolute atomic E-state index is 12.0. The van der Waals surface area contributed by atoms with Crippen LogP contribution in [-0.2, 0) is 4.79 Å². The lowest BCUT2D eigenvalue weighted by atomic mass is 9.99. The molecule has 0 aromatic carbocycles. The van der Waals surface area contributed by atoms with Crippen LogP contribution in [0.2, 0.25) is 0 Å². The Hall–Kier alpha value is -0.950. The number of hydrogen-bond donors (Lipinski definition) is 2. The Balaban J connectivity index is 1.68. The van der Waals surface area contributed by atoms with Gasteiger partial charge in [-0.15, -0.1) is 0 Å². The summed E-state index contributed by atoms with van der Waals surface area (Å²) >= 11 is 1.97. The van der Waals surface area contributed by atoms with E-state index in [0.29, 0.717) is 19.6 Å². The Kier molecular flexibility index (Phi) is 5.54. The zero-order valence-electron chi connectivity index (χ0n) is 11.9. The van der Waals surface area contributed by atoms with Crippen molar-refractivity contribution < 1.29 is 14.7 Å². The third kappa shape index (κ3) is 4.02. The van der Waals surface area contributed by atoms with E-state index in [1.807, 2.05) is 18.7 Å². The minimum Gasteiger partial charge on any atom is -0.481 e. The van der Waals surface area contributed by atoms with Gasteiger partial charge in [-0.25, -0.2) is 4.79 Å². The molecule has 7 heteroatoms. The second kappa shape index (κ2) is 7.17. The van der Waals surface area contributed by atoms with Crippen LogP contribution in [0.25, 0.3) is 0 Å². The van der Waals surface area contributed by atoms with Gasteiger partial charge in [-0.05, 0) is 5.92 Å². The molecule has 2 atom stereocenters. The molecule has 0 aromatic heterocycles.